The lowest BCUT2D eigenvalue weighted by atomic mass is 9.96. The fourth-order valence-corrected chi connectivity index (χ4v) is 4.61. The minimum Gasteiger partial charge on any atom is -0.338 e. The Hall–Kier alpha value is -3.64. The minimum atomic E-state index is -0.601. The predicted molar refractivity (Wildman–Crippen MR) is 140 cm³/mol. The number of anilines is 1. The van der Waals surface area contributed by atoms with E-state index >= 15 is 0 Å². The zero-order valence-corrected chi connectivity index (χ0v) is 20.5. The van der Waals surface area contributed by atoms with Crippen LogP contribution in [0.1, 0.15) is 36.6 Å². The van der Waals surface area contributed by atoms with Gasteiger partial charge >= 0.3 is 6.03 Å². The fraction of sp³-hybridized carbons (Fsp3) is 0.310. The second kappa shape index (κ2) is 11.7. The van der Waals surface area contributed by atoms with Crippen LogP contribution in [-0.4, -0.2) is 54.0 Å². The molecular weight excluding hydrogens is 436 g/mol. The van der Waals surface area contributed by atoms with Gasteiger partial charge in [0.25, 0.3) is 0 Å². The molecule has 1 aliphatic rings. The first-order chi connectivity index (χ1) is 17.0. The Labute approximate surface area is 207 Å². The van der Waals surface area contributed by atoms with Gasteiger partial charge in [0.15, 0.2) is 0 Å². The lowest BCUT2D eigenvalue weighted by molar-refractivity contribution is -0.134. The van der Waals surface area contributed by atoms with E-state index in [2.05, 4.69) is 71.0 Å². The molecule has 0 spiro atoms. The molecular formula is C29H34N4O2. The number of amides is 3. The first-order valence-electron chi connectivity index (χ1n) is 12.3. The third-order valence-electron chi connectivity index (χ3n) is 6.56. The molecule has 0 bridgehead atoms. The lowest BCUT2D eigenvalue weighted by Gasteiger charge is -2.40. The summed E-state index contributed by atoms with van der Waals surface area (Å²) < 4.78 is 0. The van der Waals surface area contributed by atoms with E-state index in [-0.39, 0.29) is 18.0 Å². The topological polar surface area (TPSA) is 64.7 Å². The van der Waals surface area contributed by atoms with E-state index in [9.17, 15) is 9.59 Å². The summed E-state index contributed by atoms with van der Waals surface area (Å²) in [5.41, 5.74) is 4.41. The Bertz CT molecular complexity index is 1060. The number of hydrogen-bond acceptors (Lipinski definition) is 3. The molecule has 35 heavy (non-hydrogen) atoms. The summed E-state index contributed by atoms with van der Waals surface area (Å²) in [6.07, 6.45) is 0.947. The predicted octanol–water partition coefficient (Wildman–Crippen LogP) is 4.69. The van der Waals surface area contributed by atoms with Gasteiger partial charge in [0.05, 0.1) is 6.04 Å². The third kappa shape index (κ3) is 6.28. The van der Waals surface area contributed by atoms with Gasteiger partial charge in [0.1, 0.15) is 6.04 Å². The normalized spacial score (nSPS) is 15.0. The van der Waals surface area contributed by atoms with Crippen molar-refractivity contribution in [2.75, 3.05) is 31.5 Å². The molecule has 4 rings (SSSR count). The molecule has 3 aromatic carbocycles. The van der Waals surface area contributed by atoms with Crippen molar-refractivity contribution in [3.63, 3.8) is 0 Å². The quantitative estimate of drug-likeness (QED) is 0.526. The zero-order chi connectivity index (χ0) is 24.6. The van der Waals surface area contributed by atoms with Gasteiger partial charge in [-0.3, -0.25) is 9.69 Å². The van der Waals surface area contributed by atoms with Crippen molar-refractivity contribution >= 4 is 17.6 Å². The Morgan fingerprint density at radius 1 is 0.800 bits per heavy atom. The summed E-state index contributed by atoms with van der Waals surface area (Å²) in [7, 11) is 0. The highest BCUT2D eigenvalue weighted by atomic mass is 16.2. The smallest absolute Gasteiger partial charge is 0.319 e. The van der Waals surface area contributed by atoms with Crippen molar-refractivity contribution in [2.24, 2.45) is 0 Å². The van der Waals surface area contributed by atoms with Crippen molar-refractivity contribution in [1.82, 2.24) is 15.1 Å². The van der Waals surface area contributed by atoms with E-state index < -0.39 is 6.04 Å². The first kappa shape index (κ1) is 24.5. The molecule has 0 saturated carbocycles. The number of hydrogen-bond donors (Lipinski definition) is 2. The van der Waals surface area contributed by atoms with Gasteiger partial charge in [0, 0.05) is 31.9 Å². The van der Waals surface area contributed by atoms with Gasteiger partial charge in [-0.1, -0.05) is 79.7 Å². The van der Waals surface area contributed by atoms with Gasteiger partial charge in [-0.15, -0.1) is 0 Å². The van der Waals surface area contributed by atoms with E-state index in [1.807, 2.05) is 41.3 Å². The number of aryl methyl sites for hydroxylation is 1. The van der Waals surface area contributed by atoms with E-state index in [1.54, 1.807) is 6.92 Å². The van der Waals surface area contributed by atoms with Crippen LogP contribution >= 0.6 is 0 Å². The molecule has 2 N–H and O–H groups in total. The SMILES string of the molecule is CCc1ccc(NC(=O)NC(C)C(=O)N2CCN(C(c3ccccc3)c3ccccc3)CC2)cc1. The highest BCUT2D eigenvalue weighted by Crippen LogP contribution is 2.29. The van der Waals surface area contributed by atoms with Gasteiger partial charge in [-0.2, -0.15) is 0 Å². The Kier molecular flexibility index (Phi) is 8.16. The van der Waals surface area contributed by atoms with Crippen LogP contribution in [0.25, 0.3) is 0 Å². The number of rotatable bonds is 7. The maximum atomic E-state index is 13.1. The van der Waals surface area contributed by atoms with Crippen molar-refractivity contribution in [3.05, 3.63) is 102 Å². The Morgan fingerprint density at radius 2 is 1.34 bits per heavy atom. The monoisotopic (exact) mass is 470 g/mol. The fourth-order valence-electron chi connectivity index (χ4n) is 4.61. The van der Waals surface area contributed by atoms with Crippen LogP contribution in [-0.2, 0) is 11.2 Å². The molecule has 1 unspecified atom stereocenters. The summed E-state index contributed by atoms with van der Waals surface area (Å²) in [5.74, 6) is -0.0582. The summed E-state index contributed by atoms with van der Waals surface area (Å²) in [6, 6.07) is 27.9. The van der Waals surface area contributed by atoms with Crippen LogP contribution in [0.15, 0.2) is 84.9 Å². The van der Waals surface area contributed by atoms with Crippen LogP contribution in [0, 0.1) is 0 Å². The zero-order valence-electron chi connectivity index (χ0n) is 20.5. The number of benzene rings is 3. The maximum Gasteiger partial charge on any atom is 0.319 e. The summed E-state index contributed by atoms with van der Waals surface area (Å²) >= 11 is 0. The highest BCUT2D eigenvalue weighted by Gasteiger charge is 2.30. The first-order valence-corrected chi connectivity index (χ1v) is 12.3. The van der Waals surface area contributed by atoms with Crippen molar-refractivity contribution in [1.29, 1.82) is 0 Å². The van der Waals surface area contributed by atoms with Crippen molar-refractivity contribution in [2.45, 2.75) is 32.4 Å². The van der Waals surface area contributed by atoms with Crippen molar-refractivity contribution in [3.8, 4) is 0 Å². The van der Waals surface area contributed by atoms with E-state index in [0.717, 1.165) is 19.5 Å². The molecule has 1 saturated heterocycles. The summed E-state index contributed by atoms with van der Waals surface area (Å²) in [5, 5.41) is 5.60. The average Bonchev–Trinajstić information content (AvgIpc) is 2.90. The Balaban J connectivity index is 1.33. The van der Waals surface area contributed by atoms with E-state index in [1.165, 1.54) is 16.7 Å². The molecule has 3 amide bonds. The molecule has 0 radical (unpaired) electrons. The van der Waals surface area contributed by atoms with Crippen LogP contribution in [0.4, 0.5) is 10.5 Å². The molecule has 3 aromatic rings. The largest absolute Gasteiger partial charge is 0.338 e. The number of nitrogens with one attached hydrogen (secondary N) is 2. The molecule has 6 heteroatoms. The molecule has 1 heterocycles. The molecule has 0 aromatic heterocycles. The van der Waals surface area contributed by atoms with Gasteiger partial charge in [0.2, 0.25) is 5.91 Å². The van der Waals surface area contributed by atoms with Crippen LogP contribution < -0.4 is 10.6 Å². The molecule has 1 aliphatic heterocycles. The molecule has 6 nitrogen and oxygen atoms in total. The Morgan fingerprint density at radius 3 is 1.86 bits per heavy atom. The second-order valence-corrected chi connectivity index (χ2v) is 8.96. The van der Waals surface area contributed by atoms with Crippen molar-refractivity contribution < 1.29 is 9.59 Å². The summed E-state index contributed by atoms with van der Waals surface area (Å²) in [4.78, 5) is 29.8. The van der Waals surface area contributed by atoms with Crippen LogP contribution in [0.3, 0.4) is 0 Å². The molecule has 0 aliphatic carbocycles. The lowest BCUT2D eigenvalue weighted by Crippen LogP contribution is -2.55. The molecule has 1 fully saturated rings. The third-order valence-corrected chi connectivity index (χ3v) is 6.56. The average molecular weight is 471 g/mol. The van der Waals surface area contributed by atoms with Crippen LogP contribution in [0.2, 0.25) is 0 Å². The number of nitrogens with zero attached hydrogens (tertiary/aromatic N) is 2. The number of carbonyl (C=O) groups excluding carboxylic acids is 2. The molecule has 1 atom stereocenters. The minimum absolute atomic E-state index is 0.0582. The van der Waals surface area contributed by atoms with E-state index in [0.29, 0.717) is 18.8 Å². The number of carbonyl (C=O) groups is 2. The summed E-state index contributed by atoms with van der Waals surface area (Å²) in [6.45, 7) is 6.62. The standard InChI is InChI=1S/C29H34N4O2/c1-3-23-14-16-26(17-15-23)31-29(35)30-22(2)28(34)33-20-18-32(19-21-33)27(24-10-6-4-7-11-24)25-12-8-5-9-13-25/h4-17,22,27H,3,18-21H2,1-2H3,(H2,30,31,35). The number of urea groups is 1. The van der Waals surface area contributed by atoms with Gasteiger partial charge < -0.3 is 15.5 Å². The highest BCUT2D eigenvalue weighted by molar-refractivity contribution is 5.93. The molecule has 182 valence electrons. The van der Waals surface area contributed by atoms with E-state index in [4.69, 9.17) is 0 Å². The van der Waals surface area contributed by atoms with Crippen LogP contribution in [0.5, 0.6) is 0 Å². The maximum absolute atomic E-state index is 13.1. The number of piperazine rings is 1. The second-order valence-electron chi connectivity index (χ2n) is 8.96. The van der Waals surface area contributed by atoms with Gasteiger partial charge in [-0.05, 0) is 42.2 Å². The van der Waals surface area contributed by atoms with Gasteiger partial charge in [-0.25, -0.2) is 4.79 Å².